The number of carbonyl (C=O) groups is 3. The van der Waals surface area contributed by atoms with Gasteiger partial charge >= 0.3 is 17.9 Å². The van der Waals surface area contributed by atoms with Crippen molar-refractivity contribution in [2.75, 3.05) is 6.54 Å². The molecular formula is C17H31NO6. The highest BCUT2D eigenvalue weighted by Crippen LogP contribution is 2.29. The maximum atomic E-state index is 12.7. The van der Waals surface area contributed by atoms with Gasteiger partial charge in [-0.3, -0.25) is 14.4 Å². The first kappa shape index (κ1) is 22.4. The van der Waals surface area contributed by atoms with E-state index >= 15 is 0 Å². The number of carbonyl (C=O) groups excluding carboxylic acids is 3. The zero-order valence-electron chi connectivity index (χ0n) is 16.2. The Hall–Kier alpha value is -1.63. The van der Waals surface area contributed by atoms with Crippen molar-refractivity contribution in [2.45, 2.75) is 79.1 Å². The predicted molar refractivity (Wildman–Crippen MR) is 89.0 cm³/mol. The number of hydrogen-bond donors (Lipinski definition) is 1. The SMILES string of the molecule is CC(C)(C)OC(=O)C(CN)(C(=O)OC(C)(C)C)C(=O)OC(C)(C)C. The molecule has 0 fully saturated rings. The van der Waals surface area contributed by atoms with Crippen LogP contribution in [0.1, 0.15) is 62.3 Å². The molecule has 0 saturated heterocycles. The van der Waals surface area contributed by atoms with E-state index in [4.69, 9.17) is 19.9 Å². The fraction of sp³-hybridized carbons (Fsp3) is 0.824. The lowest BCUT2D eigenvalue weighted by atomic mass is 9.87. The lowest BCUT2D eigenvalue weighted by molar-refractivity contribution is -0.196. The van der Waals surface area contributed by atoms with Crippen LogP contribution in [0.3, 0.4) is 0 Å². The lowest BCUT2D eigenvalue weighted by Crippen LogP contribution is -2.57. The summed E-state index contributed by atoms with van der Waals surface area (Å²) in [5, 5.41) is 0. The van der Waals surface area contributed by atoms with Gasteiger partial charge in [0.2, 0.25) is 0 Å². The Labute approximate surface area is 144 Å². The molecule has 0 aromatic carbocycles. The predicted octanol–water partition coefficient (Wildman–Crippen LogP) is 1.96. The number of nitrogens with two attached hydrogens (primary N) is 1. The molecule has 7 heteroatoms. The molecule has 0 saturated carbocycles. The van der Waals surface area contributed by atoms with Crippen molar-refractivity contribution in [3.63, 3.8) is 0 Å². The zero-order valence-corrected chi connectivity index (χ0v) is 16.2. The molecule has 0 unspecified atom stereocenters. The second-order valence-electron chi connectivity index (χ2n) is 8.62. The van der Waals surface area contributed by atoms with Gasteiger partial charge in [0.25, 0.3) is 5.41 Å². The van der Waals surface area contributed by atoms with Crippen LogP contribution in [0.2, 0.25) is 0 Å². The van der Waals surface area contributed by atoms with Crippen LogP contribution in [-0.2, 0) is 28.6 Å². The molecule has 0 bridgehead atoms. The standard InChI is InChI=1S/C17H31NO6/c1-14(2,3)22-11(19)17(10-18,12(20)23-15(4,5)6)13(21)24-16(7,8)9/h10,18H2,1-9H3. The van der Waals surface area contributed by atoms with Crippen LogP contribution in [0.25, 0.3) is 0 Å². The molecule has 0 radical (unpaired) electrons. The van der Waals surface area contributed by atoms with Crippen molar-refractivity contribution in [3.8, 4) is 0 Å². The van der Waals surface area contributed by atoms with Gasteiger partial charge in [0.1, 0.15) is 16.8 Å². The van der Waals surface area contributed by atoms with Crippen LogP contribution in [0, 0.1) is 5.41 Å². The van der Waals surface area contributed by atoms with Crippen LogP contribution in [0.4, 0.5) is 0 Å². The number of esters is 3. The van der Waals surface area contributed by atoms with Gasteiger partial charge in [-0.05, 0) is 62.3 Å². The van der Waals surface area contributed by atoms with Crippen LogP contribution in [0.15, 0.2) is 0 Å². The minimum absolute atomic E-state index is 0.619. The van der Waals surface area contributed by atoms with Gasteiger partial charge in [-0.1, -0.05) is 0 Å². The Kier molecular flexibility index (Phi) is 6.61. The zero-order chi connectivity index (χ0) is 19.6. The molecule has 140 valence electrons. The minimum Gasteiger partial charge on any atom is -0.459 e. The summed E-state index contributed by atoms with van der Waals surface area (Å²) >= 11 is 0. The third-order valence-corrected chi connectivity index (χ3v) is 2.55. The molecule has 0 aromatic rings. The van der Waals surface area contributed by atoms with Gasteiger partial charge in [0.05, 0.1) is 0 Å². The van der Waals surface area contributed by atoms with E-state index < -0.39 is 46.7 Å². The summed E-state index contributed by atoms with van der Waals surface area (Å²) in [6, 6.07) is 0. The molecule has 2 N–H and O–H groups in total. The summed E-state index contributed by atoms with van der Waals surface area (Å²) in [7, 11) is 0. The molecule has 0 heterocycles. The van der Waals surface area contributed by atoms with Crippen LogP contribution in [0.5, 0.6) is 0 Å². The molecule has 0 atom stereocenters. The highest BCUT2D eigenvalue weighted by atomic mass is 16.6. The average Bonchev–Trinajstić information content (AvgIpc) is 2.22. The Balaban J connectivity index is 5.99. The third kappa shape index (κ3) is 6.47. The first-order chi connectivity index (χ1) is 10.4. The molecule has 0 aliphatic carbocycles. The lowest BCUT2D eigenvalue weighted by Gasteiger charge is -2.34. The summed E-state index contributed by atoms with van der Waals surface area (Å²) in [6.45, 7) is 14.0. The maximum absolute atomic E-state index is 12.7. The summed E-state index contributed by atoms with van der Waals surface area (Å²) < 4.78 is 15.7. The van der Waals surface area contributed by atoms with E-state index in [1.165, 1.54) is 0 Å². The topological polar surface area (TPSA) is 105 Å². The number of hydrogen-bond acceptors (Lipinski definition) is 7. The molecule has 0 aliphatic rings. The maximum Gasteiger partial charge on any atom is 0.337 e. The molecule has 24 heavy (non-hydrogen) atoms. The van der Waals surface area contributed by atoms with Gasteiger partial charge in [-0.2, -0.15) is 0 Å². The van der Waals surface area contributed by atoms with E-state index in [0.29, 0.717) is 0 Å². The van der Waals surface area contributed by atoms with Crippen LogP contribution in [-0.4, -0.2) is 41.3 Å². The largest absolute Gasteiger partial charge is 0.459 e. The summed E-state index contributed by atoms with van der Waals surface area (Å²) in [5.41, 5.74) is 0.552. The van der Waals surface area contributed by atoms with Crippen LogP contribution < -0.4 is 5.73 Å². The molecule has 0 aliphatic heterocycles. The highest BCUT2D eigenvalue weighted by molar-refractivity contribution is 6.18. The second kappa shape index (κ2) is 7.09. The average molecular weight is 345 g/mol. The van der Waals surface area contributed by atoms with Crippen molar-refractivity contribution in [2.24, 2.45) is 11.1 Å². The van der Waals surface area contributed by atoms with Gasteiger partial charge < -0.3 is 19.9 Å². The van der Waals surface area contributed by atoms with Crippen molar-refractivity contribution < 1.29 is 28.6 Å². The van der Waals surface area contributed by atoms with Crippen molar-refractivity contribution in [3.05, 3.63) is 0 Å². The first-order valence-corrected chi connectivity index (χ1v) is 7.85. The summed E-state index contributed by atoms with van der Waals surface area (Å²) in [4.78, 5) is 38.0. The molecule has 0 rings (SSSR count). The first-order valence-electron chi connectivity index (χ1n) is 7.85. The Morgan fingerprint density at radius 2 is 0.833 bits per heavy atom. The molecule has 7 nitrogen and oxygen atoms in total. The summed E-state index contributed by atoms with van der Waals surface area (Å²) in [5.74, 6) is -3.25. The van der Waals surface area contributed by atoms with Crippen molar-refractivity contribution >= 4 is 17.9 Å². The van der Waals surface area contributed by atoms with E-state index in [9.17, 15) is 14.4 Å². The monoisotopic (exact) mass is 345 g/mol. The number of ether oxygens (including phenoxy) is 3. The summed E-state index contributed by atoms with van der Waals surface area (Å²) in [6.07, 6.45) is 0. The highest BCUT2D eigenvalue weighted by Gasteiger charge is 2.59. The fourth-order valence-corrected chi connectivity index (χ4v) is 1.60. The Morgan fingerprint density at radius 1 is 0.625 bits per heavy atom. The molecule has 0 aromatic heterocycles. The molecule has 0 spiro atoms. The number of rotatable bonds is 4. The Bertz CT molecular complexity index is 421. The van der Waals surface area contributed by atoms with Gasteiger partial charge in [0.15, 0.2) is 0 Å². The Morgan fingerprint density at radius 3 is 0.958 bits per heavy atom. The second-order valence-corrected chi connectivity index (χ2v) is 8.62. The fourth-order valence-electron chi connectivity index (χ4n) is 1.60. The van der Waals surface area contributed by atoms with E-state index in [-0.39, 0.29) is 0 Å². The van der Waals surface area contributed by atoms with E-state index in [2.05, 4.69) is 0 Å². The van der Waals surface area contributed by atoms with E-state index in [0.717, 1.165) is 0 Å². The van der Waals surface area contributed by atoms with Gasteiger partial charge in [0, 0.05) is 6.54 Å². The van der Waals surface area contributed by atoms with Crippen LogP contribution >= 0.6 is 0 Å². The van der Waals surface area contributed by atoms with Gasteiger partial charge in [-0.25, -0.2) is 0 Å². The quantitative estimate of drug-likeness (QED) is 0.471. The van der Waals surface area contributed by atoms with E-state index in [1.54, 1.807) is 62.3 Å². The third-order valence-electron chi connectivity index (χ3n) is 2.55. The minimum atomic E-state index is -2.37. The molecule has 0 amide bonds. The van der Waals surface area contributed by atoms with Gasteiger partial charge in [-0.15, -0.1) is 0 Å². The smallest absolute Gasteiger partial charge is 0.337 e. The normalized spacial score (nSPS) is 13.2. The molecular weight excluding hydrogens is 314 g/mol. The van der Waals surface area contributed by atoms with Crippen molar-refractivity contribution in [1.29, 1.82) is 0 Å². The van der Waals surface area contributed by atoms with Crippen molar-refractivity contribution in [1.82, 2.24) is 0 Å². The van der Waals surface area contributed by atoms with E-state index in [1.807, 2.05) is 0 Å².